The molecular weight excluding hydrogens is 284 g/mol. The number of esters is 1. The monoisotopic (exact) mass is 316 g/mol. The van der Waals surface area contributed by atoms with Gasteiger partial charge in [0.05, 0.1) is 0 Å². The Hall–Kier alpha value is -0.683. The Morgan fingerprint density at radius 1 is 1.10 bits per heavy atom. The minimum atomic E-state index is -2.36. The van der Waals surface area contributed by atoms with Crippen molar-refractivity contribution in [3.63, 3.8) is 0 Å². The molecule has 5 heteroatoms. The van der Waals surface area contributed by atoms with E-state index in [0.29, 0.717) is 12.8 Å². The van der Waals surface area contributed by atoms with E-state index >= 15 is 0 Å². The van der Waals surface area contributed by atoms with Crippen LogP contribution in [0.15, 0.2) is 0 Å². The number of carbonyl (C=O) groups is 2. The molecule has 0 fully saturated rings. The Morgan fingerprint density at radius 2 is 1.57 bits per heavy atom. The zero-order chi connectivity index (χ0) is 17.1. The topological polar surface area (TPSA) is 63.6 Å². The Balaban J connectivity index is 4.90. The van der Waals surface area contributed by atoms with Gasteiger partial charge in [0, 0.05) is 12.8 Å². The molecule has 0 saturated heterocycles. The maximum Gasteiger partial charge on any atom is 0.306 e. The number of Topliss-reactive ketones (excluding diaryl/α,β-unsaturated/α-hetero) is 1. The zero-order valence-electron chi connectivity index (χ0n) is 14.9. The Kier molecular flexibility index (Phi) is 6.82. The van der Waals surface area contributed by atoms with Gasteiger partial charge in [-0.25, -0.2) is 0 Å². The van der Waals surface area contributed by atoms with Gasteiger partial charge in [0.25, 0.3) is 0 Å². The lowest BCUT2D eigenvalue weighted by molar-refractivity contribution is -0.156. The van der Waals surface area contributed by atoms with Gasteiger partial charge in [0.1, 0.15) is 11.4 Å². The smallest absolute Gasteiger partial charge is 0.306 e. The van der Waals surface area contributed by atoms with Crippen molar-refractivity contribution in [2.45, 2.75) is 84.5 Å². The molecule has 0 unspecified atom stereocenters. The van der Waals surface area contributed by atoms with Crippen LogP contribution in [0.5, 0.6) is 0 Å². The molecule has 0 bridgehead atoms. The van der Waals surface area contributed by atoms with Crippen molar-refractivity contribution in [2.75, 3.05) is 0 Å². The van der Waals surface area contributed by atoms with Crippen LogP contribution in [0.2, 0.25) is 18.1 Å². The third kappa shape index (κ3) is 8.36. The molecule has 0 spiro atoms. The van der Waals surface area contributed by atoms with Crippen molar-refractivity contribution < 1.29 is 19.1 Å². The molecule has 0 radical (unpaired) electrons. The van der Waals surface area contributed by atoms with E-state index in [4.69, 9.17) is 4.74 Å². The molecule has 0 aliphatic carbocycles. The summed E-state index contributed by atoms with van der Waals surface area (Å²) in [7, 11) is -2.36. The van der Waals surface area contributed by atoms with Crippen LogP contribution in [0.3, 0.4) is 0 Å². The van der Waals surface area contributed by atoms with Crippen molar-refractivity contribution in [1.82, 2.24) is 0 Å². The summed E-state index contributed by atoms with van der Waals surface area (Å²) in [5, 5.41) is -0.255. The van der Waals surface area contributed by atoms with Gasteiger partial charge in [-0.05, 0) is 58.2 Å². The molecule has 1 atom stereocenters. The second-order valence-corrected chi connectivity index (χ2v) is 12.7. The van der Waals surface area contributed by atoms with E-state index in [9.17, 15) is 14.4 Å². The third-order valence-corrected chi connectivity index (χ3v) is 7.42. The van der Waals surface area contributed by atoms with Gasteiger partial charge in [-0.2, -0.15) is 0 Å². The molecule has 0 aromatic carbocycles. The summed E-state index contributed by atoms with van der Waals surface area (Å²) in [6.45, 7) is 14.9. The minimum Gasteiger partial charge on any atom is -0.460 e. The lowest BCUT2D eigenvalue weighted by Gasteiger charge is -2.37. The number of carbonyl (C=O) groups excluding carboxylic acids is 2. The zero-order valence-corrected chi connectivity index (χ0v) is 15.9. The summed E-state index contributed by atoms with van der Waals surface area (Å²) < 4.78 is 5.35. The van der Waals surface area contributed by atoms with Gasteiger partial charge in [0.2, 0.25) is 0 Å². The number of ketones is 1. The van der Waals surface area contributed by atoms with E-state index in [0.717, 1.165) is 0 Å². The van der Waals surface area contributed by atoms with Gasteiger partial charge >= 0.3 is 5.97 Å². The van der Waals surface area contributed by atoms with Crippen LogP contribution in [0.25, 0.3) is 0 Å². The SMILES string of the molecule is CC(=O)C[C@H](CC(=O)OC(C)(C)C)CC(C)(C)[Si](C)(C)O. The molecular formula is C16H32O4Si. The van der Waals surface area contributed by atoms with Gasteiger partial charge < -0.3 is 14.3 Å². The van der Waals surface area contributed by atoms with Crippen LogP contribution in [-0.4, -0.2) is 30.5 Å². The van der Waals surface area contributed by atoms with Crippen LogP contribution < -0.4 is 0 Å². The fourth-order valence-corrected chi connectivity index (χ4v) is 3.00. The molecule has 0 amide bonds. The predicted molar refractivity (Wildman–Crippen MR) is 87.6 cm³/mol. The number of ether oxygens (including phenoxy) is 1. The molecule has 0 heterocycles. The van der Waals surface area contributed by atoms with E-state index in [1.807, 2.05) is 47.7 Å². The fourth-order valence-electron chi connectivity index (χ4n) is 2.21. The maximum atomic E-state index is 12.0. The summed E-state index contributed by atoms with van der Waals surface area (Å²) in [6, 6.07) is 0. The van der Waals surface area contributed by atoms with Gasteiger partial charge in [-0.3, -0.25) is 4.79 Å². The van der Waals surface area contributed by atoms with Crippen molar-refractivity contribution in [3.05, 3.63) is 0 Å². The van der Waals surface area contributed by atoms with Crippen LogP contribution in [-0.2, 0) is 14.3 Å². The number of rotatable bonds is 7. The molecule has 0 aliphatic heterocycles. The second kappa shape index (κ2) is 7.05. The lowest BCUT2D eigenvalue weighted by atomic mass is 9.89. The predicted octanol–water partition coefficient (Wildman–Crippen LogP) is 3.68. The minimum absolute atomic E-state index is 0.0665. The molecule has 0 rings (SSSR count). The molecule has 0 saturated carbocycles. The number of hydrogen-bond acceptors (Lipinski definition) is 4. The van der Waals surface area contributed by atoms with Gasteiger partial charge in [-0.15, -0.1) is 0 Å². The Labute approximate surface area is 130 Å². The van der Waals surface area contributed by atoms with Gasteiger partial charge in [-0.1, -0.05) is 13.8 Å². The van der Waals surface area contributed by atoms with E-state index in [-0.39, 0.29) is 29.1 Å². The average Bonchev–Trinajstić information content (AvgIpc) is 2.08. The van der Waals surface area contributed by atoms with E-state index in [2.05, 4.69) is 0 Å². The summed E-state index contributed by atoms with van der Waals surface area (Å²) >= 11 is 0. The molecule has 124 valence electrons. The van der Waals surface area contributed by atoms with Crippen molar-refractivity contribution in [1.29, 1.82) is 0 Å². The first-order valence-electron chi connectivity index (χ1n) is 7.58. The third-order valence-electron chi connectivity index (χ3n) is 3.91. The highest BCUT2D eigenvalue weighted by molar-refractivity contribution is 6.72. The van der Waals surface area contributed by atoms with Crippen LogP contribution in [0, 0.1) is 5.92 Å². The summed E-state index contributed by atoms with van der Waals surface area (Å²) in [5.41, 5.74) is -0.516. The lowest BCUT2D eigenvalue weighted by Crippen LogP contribution is -2.40. The van der Waals surface area contributed by atoms with Crippen LogP contribution in [0.4, 0.5) is 0 Å². The van der Waals surface area contributed by atoms with E-state index in [1.54, 1.807) is 0 Å². The van der Waals surface area contributed by atoms with Crippen LogP contribution >= 0.6 is 0 Å². The normalized spacial score (nSPS) is 14.7. The Bertz CT molecular complexity index is 375. The molecule has 4 nitrogen and oxygen atoms in total. The first kappa shape index (κ1) is 20.3. The highest BCUT2D eigenvalue weighted by atomic mass is 28.4. The summed E-state index contributed by atoms with van der Waals surface area (Å²) in [6.07, 6.45) is 1.24. The fraction of sp³-hybridized carbons (Fsp3) is 0.875. The molecule has 1 N–H and O–H groups in total. The first-order chi connectivity index (χ1) is 9.14. The Morgan fingerprint density at radius 3 is 1.90 bits per heavy atom. The standard InChI is InChI=1S/C16H32O4Si/c1-12(17)9-13(10-14(18)20-15(2,3)4)11-16(5,6)21(7,8)19/h13,19H,9-11H2,1-8H3/t13-/m1/s1. The molecule has 0 aliphatic rings. The summed E-state index contributed by atoms with van der Waals surface area (Å²) in [5.74, 6) is -0.287. The second-order valence-electron chi connectivity index (χ2n) is 8.21. The average molecular weight is 317 g/mol. The number of hydrogen-bond donors (Lipinski definition) is 1. The highest BCUT2D eigenvalue weighted by Crippen LogP contribution is 2.43. The molecule has 0 aromatic rings. The first-order valence-corrected chi connectivity index (χ1v) is 10.5. The molecule has 0 aromatic heterocycles. The molecule has 21 heavy (non-hydrogen) atoms. The van der Waals surface area contributed by atoms with Crippen molar-refractivity contribution in [2.24, 2.45) is 5.92 Å². The summed E-state index contributed by atoms with van der Waals surface area (Å²) in [4.78, 5) is 33.8. The largest absolute Gasteiger partial charge is 0.460 e. The van der Waals surface area contributed by atoms with Crippen molar-refractivity contribution >= 4 is 20.1 Å². The highest BCUT2D eigenvalue weighted by Gasteiger charge is 2.40. The van der Waals surface area contributed by atoms with Crippen molar-refractivity contribution in [3.8, 4) is 0 Å². The van der Waals surface area contributed by atoms with Gasteiger partial charge in [0.15, 0.2) is 8.32 Å². The van der Waals surface area contributed by atoms with E-state index in [1.165, 1.54) is 6.92 Å². The maximum absolute atomic E-state index is 12.0. The van der Waals surface area contributed by atoms with Crippen LogP contribution in [0.1, 0.15) is 60.8 Å². The quantitative estimate of drug-likeness (QED) is 0.575. The van der Waals surface area contributed by atoms with E-state index < -0.39 is 13.9 Å².